The summed E-state index contributed by atoms with van der Waals surface area (Å²) in [5, 5.41) is 0. The van der Waals surface area contributed by atoms with E-state index in [0.717, 1.165) is 0 Å². The molecule has 0 aromatic heterocycles. The lowest BCUT2D eigenvalue weighted by atomic mass is 10.0. The number of nitrogens with zero attached hydrogens (tertiary/aromatic N) is 2. The molecule has 0 amide bonds. The normalized spacial score (nSPS) is 14.7. The predicted octanol–water partition coefficient (Wildman–Crippen LogP) is 15.5. The molecule has 2 heteroatoms. The van der Waals surface area contributed by atoms with Gasteiger partial charge in [0.15, 0.2) is 0 Å². The Kier molecular flexibility index (Phi) is 33.6. The standard InChI is InChI=1S/C44H88N2/c1-4-7-10-13-15-17-19-21-23-25-27-29-31-33-36-39-44-45(40-37-34-12-9-6-3)42-43-46(44)41-38-35-32-30-28-26-24-22-20-18-16-14-11-8-5-2/h42-44H,4-41H2,1-3H3. The third kappa shape index (κ3) is 27.3. The van der Waals surface area contributed by atoms with E-state index in [0.29, 0.717) is 6.17 Å². The quantitative estimate of drug-likeness (QED) is 0.0617. The average Bonchev–Trinajstić information content (AvgIpc) is 3.45. The van der Waals surface area contributed by atoms with E-state index >= 15 is 0 Å². The van der Waals surface area contributed by atoms with E-state index in [9.17, 15) is 0 Å². The molecule has 1 rings (SSSR count). The fourth-order valence-electron chi connectivity index (χ4n) is 7.60. The van der Waals surface area contributed by atoms with Crippen molar-refractivity contribution in [1.82, 2.24) is 9.80 Å². The molecule has 1 aliphatic heterocycles. The Bertz CT molecular complexity index is 601. The van der Waals surface area contributed by atoms with Crippen LogP contribution < -0.4 is 0 Å². The monoisotopic (exact) mass is 645 g/mol. The van der Waals surface area contributed by atoms with Gasteiger partial charge in [-0.25, -0.2) is 0 Å². The topological polar surface area (TPSA) is 6.48 Å². The Morgan fingerprint density at radius 2 is 0.500 bits per heavy atom. The molecule has 0 saturated heterocycles. The fourth-order valence-corrected chi connectivity index (χ4v) is 7.60. The summed E-state index contributed by atoms with van der Waals surface area (Å²) in [4.78, 5) is 5.43. The van der Waals surface area contributed by atoms with Crippen LogP contribution in [0.2, 0.25) is 0 Å². The van der Waals surface area contributed by atoms with Crippen molar-refractivity contribution < 1.29 is 0 Å². The van der Waals surface area contributed by atoms with Crippen molar-refractivity contribution in [3.8, 4) is 0 Å². The predicted molar refractivity (Wildman–Crippen MR) is 210 cm³/mol. The van der Waals surface area contributed by atoms with Crippen molar-refractivity contribution in [1.29, 1.82) is 0 Å². The molecule has 0 aromatic carbocycles. The van der Waals surface area contributed by atoms with Gasteiger partial charge in [0.2, 0.25) is 0 Å². The molecule has 1 unspecified atom stereocenters. The zero-order valence-corrected chi connectivity index (χ0v) is 32.5. The van der Waals surface area contributed by atoms with E-state index < -0.39 is 0 Å². The van der Waals surface area contributed by atoms with Gasteiger partial charge in [-0.1, -0.05) is 226 Å². The molecule has 0 fully saturated rings. The van der Waals surface area contributed by atoms with Crippen LogP contribution in [0.3, 0.4) is 0 Å². The molecule has 0 N–H and O–H groups in total. The van der Waals surface area contributed by atoms with Crippen molar-refractivity contribution in [2.24, 2.45) is 0 Å². The van der Waals surface area contributed by atoms with Gasteiger partial charge < -0.3 is 9.80 Å². The number of hydrogen-bond acceptors (Lipinski definition) is 2. The maximum absolute atomic E-state index is 2.72. The molecular weight excluding hydrogens is 556 g/mol. The first kappa shape index (κ1) is 43.4. The average molecular weight is 645 g/mol. The van der Waals surface area contributed by atoms with Crippen LogP contribution in [0.15, 0.2) is 12.4 Å². The molecule has 0 spiro atoms. The van der Waals surface area contributed by atoms with Gasteiger partial charge in [-0.05, 0) is 25.7 Å². The van der Waals surface area contributed by atoms with Gasteiger partial charge in [-0.2, -0.15) is 0 Å². The fraction of sp³-hybridized carbons (Fsp3) is 0.955. The maximum Gasteiger partial charge on any atom is 0.101 e. The lowest BCUT2D eigenvalue weighted by Crippen LogP contribution is -2.39. The first-order valence-electron chi connectivity index (χ1n) is 22.0. The summed E-state index contributed by atoms with van der Waals surface area (Å²) < 4.78 is 0. The van der Waals surface area contributed by atoms with Crippen molar-refractivity contribution in [3.63, 3.8) is 0 Å². The molecule has 1 atom stereocenters. The third-order valence-electron chi connectivity index (χ3n) is 10.8. The van der Waals surface area contributed by atoms with Gasteiger partial charge in [0.05, 0.1) is 0 Å². The van der Waals surface area contributed by atoms with Gasteiger partial charge in [0.25, 0.3) is 0 Å². The minimum Gasteiger partial charge on any atom is -0.356 e. The van der Waals surface area contributed by atoms with Gasteiger partial charge >= 0.3 is 0 Å². The molecule has 0 bridgehead atoms. The maximum atomic E-state index is 2.72. The lowest BCUT2D eigenvalue weighted by molar-refractivity contribution is 0.135. The minimum atomic E-state index is 0.639. The molecule has 1 aliphatic rings. The summed E-state index contributed by atoms with van der Waals surface area (Å²) >= 11 is 0. The van der Waals surface area contributed by atoms with E-state index in [1.807, 2.05) is 0 Å². The highest BCUT2D eigenvalue weighted by atomic mass is 15.4. The van der Waals surface area contributed by atoms with Crippen LogP contribution in [0.1, 0.15) is 252 Å². The van der Waals surface area contributed by atoms with Crippen LogP contribution >= 0.6 is 0 Å². The first-order chi connectivity index (χ1) is 22.8. The first-order valence-corrected chi connectivity index (χ1v) is 22.0. The molecule has 0 aliphatic carbocycles. The summed E-state index contributed by atoms with van der Waals surface area (Å²) in [6.45, 7) is 9.48. The number of rotatable bonds is 38. The second-order valence-electron chi connectivity index (χ2n) is 15.4. The zero-order chi connectivity index (χ0) is 33.0. The Balaban J connectivity index is 2.11. The molecule has 0 saturated carbocycles. The van der Waals surface area contributed by atoms with Gasteiger partial charge in [-0.15, -0.1) is 0 Å². The summed E-state index contributed by atoms with van der Waals surface area (Å²) in [6.07, 6.45) is 57.4. The second-order valence-corrected chi connectivity index (χ2v) is 15.4. The summed E-state index contributed by atoms with van der Waals surface area (Å²) in [7, 11) is 0. The Labute approximate surface area is 292 Å². The van der Waals surface area contributed by atoms with Crippen LogP contribution in [-0.4, -0.2) is 29.1 Å². The van der Waals surface area contributed by atoms with Crippen LogP contribution in [-0.2, 0) is 0 Å². The SMILES string of the molecule is CCCCCCCCCCCCCCCCCC1N(CCCCCCC)C=CN1CCCCCCCCCCCCCCCCC. The third-order valence-corrected chi connectivity index (χ3v) is 10.8. The Hall–Kier alpha value is -0.660. The molecule has 0 radical (unpaired) electrons. The molecule has 46 heavy (non-hydrogen) atoms. The largest absolute Gasteiger partial charge is 0.356 e. The molecular formula is C44H88N2. The Morgan fingerprint density at radius 1 is 0.283 bits per heavy atom. The lowest BCUT2D eigenvalue weighted by Gasteiger charge is -2.33. The second kappa shape index (κ2) is 35.6. The van der Waals surface area contributed by atoms with Crippen LogP contribution in [0.25, 0.3) is 0 Å². The highest BCUT2D eigenvalue weighted by molar-refractivity contribution is 4.97. The molecule has 2 nitrogen and oxygen atoms in total. The van der Waals surface area contributed by atoms with Crippen LogP contribution in [0.5, 0.6) is 0 Å². The van der Waals surface area contributed by atoms with Gasteiger partial charge in [0, 0.05) is 25.5 Å². The van der Waals surface area contributed by atoms with E-state index in [1.165, 1.54) is 244 Å². The van der Waals surface area contributed by atoms with Crippen LogP contribution in [0, 0.1) is 0 Å². The van der Waals surface area contributed by atoms with Crippen molar-refractivity contribution in [3.05, 3.63) is 12.4 Å². The van der Waals surface area contributed by atoms with Crippen molar-refractivity contribution in [2.45, 2.75) is 258 Å². The number of hydrogen-bond donors (Lipinski definition) is 0. The van der Waals surface area contributed by atoms with Gasteiger partial charge in [-0.3, -0.25) is 0 Å². The van der Waals surface area contributed by atoms with Crippen molar-refractivity contribution in [2.75, 3.05) is 13.1 Å². The highest BCUT2D eigenvalue weighted by Gasteiger charge is 2.24. The van der Waals surface area contributed by atoms with E-state index in [-0.39, 0.29) is 0 Å². The summed E-state index contributed by atoms with van der Waals surface area (Å²) in [5.41, 5.74) is 0. The molecule has 0 aromatic rings. The molecule has 274 valence electrons. The molecule has 1 heterocycles. The summed E-state index contributed by atoms with van der Waals surface area (Å²) in [6, 6.07) is 0. The minimum absolute atomic E-state index is 0.639. The zero-order valence-electron chi connectivity index (χ0n) is 32.5. The van der Waals surface area contributed by atoms with Crippen molar-refractivity contribution >= 4 is 0 Å². The van der Waals surface area contributed by atoms with E-state index in [1.54, 1.807) is 0 Å². The van der Waals surface area contributed by atoms with Crippen LogP contribution in [0.4, 0.5) is 0 Å². The summed E-state index contributed by atoms with van der Waals surface area (Å²) in [5.74, 6) is 0. The number of unbranched alkanes of at least 4 members (excludes halogenated alkanes) is 32. The van der Waals surface area contributed by atoms with E-state index in [2.05, 4.69) is 43.0 Å². The Morgan fingerprint density at radius 3 is 0.761 bits per heavy atom. The smallest absolute Gasteiger partial charge is 0.101 e. The van der Waals surface area contributed by atoms with E-state index in [4.69, 9.17) is 0 Å². The van der Waals surface area contributed by atoms with Gasteiger partial charge in [0.1, 0.15) is 6.17 Å². The highest BCUT2D eigenvalue weighted by Crippen LogP contribution is 2.24.